The second-order valence-corrected chi connectivity index (χ2v) is 9.70. The van der Waals surface area contributed by atoms with Crippen molar-refractivity contribution in [3.63, 3.8) is 0 Å². The van der Waals surface area contributed by atoms with Crippen LogP contribution in [0.2, 0.25) is 0 Å². The van der Waals surface area contributed by atoms with Crippen molar-refractivity contribution in [2.45, 2.75) is 43.5 Å². The van der Waals surface area contributed by atoms with Gasteiger partial charge in [0.15, 0.2) is 0 Å². The Morgan fingerprint density at radius 2 is 1.76 bits per heavy atom. The van der Waals surface area contributed by atoms with E-state index in [2.05, 4.69) is 11.2 Å². The van der Waals surface area contributed by atoms with E-state index in [4.69, 9.17) is 30.1 Å². The van der Waals surface area contributed by atoms with Gasteiger partial charge >= 0.3 is 5.97 Å². The fraction of sp³-hybridized carbons (Fsp3) is 0.467. The lowest BCUT2D eigenvalue weighted by molar-refractivity contribution is -0.318. The SMILES string of the molecule is C#CCOCCOCCO[C@@]1(C(=O)O)C[C@H](O)[C@@H](C)[C@H]([C@H](O)[C@H](O)CNC(=O)c2cccc(Oc3ccccc3)c2)O1. The Bertz CT molecular complexity index is 1190. The molecule has 0 radical (unpaired) electrons. The van der Waals surface area contributed by atoms with Crippen LogP contribution in [0.1, 0.15) is 23.7 Å². The maximum atomic E-state index is 12.7. The van der Waals surface area contributed by atoms with Crippen molar-refractivity contribution in [1.29, 1.82) is 0 Å². The molecule has 1 aliphatic heterocycles. The first-order valence-electron chi connectivity index (χ1n) is 13.5. The molecule has 0 aromatic heterocycles. The monoisotopic (exact) mass is 587 g/mol. The van der Waals surface area contributed by atoms with Crippen molar-refractivity contribution < 1.29 is 53.7 Å². The van der Waals surface area contributed by atoms with Gasteiger partial charge in [0.25, 0.3) is 11.7 Å². The van der Waals surface area contributed by atoms with Crippen molar-refractivity contribution >= 4 is 11.9 Å². The van der Waals surface area contributed by atoms with Crippen LogP contribution in [0.25, 0.3) is 0 Å². The van der Waals surface area contributed by atoms with Crippen LogP contribution >= 0.6 is 0 Å². The van der Waals surface area contributed by atoms with Crippen molar-refractivity contribution in [2.24, 2.45) is 5.92 Å². The van der Waals surface area contributed by atoms with Crippen molar-refractivity contribution in [1.82, 2.24) is 5.32 Å². The van der Waals surface area contributed by atoms with E-state index in [9.17, 15) is 30.0 Å². The van der Waals surface area contributed by atoms with Crippen molar-refractivity contribution in [2.75, 3.05) is 39.6 Å². The number of benzene rings is 2. The zero-order valence-corrected chi connectivity index (χ0v) is 23.3. The number of nitrogens with one attached hydrogen (secondary N) is 1. The highest BCUT2D eigenvalue weighted by Gasteiger charge is 2.54. The predicted molar refractivity (Wildman–Crippen MR) is 149 cm³/mol. The van der Waals surface area contributed by atoms with Crippen LogP contribution in [-0.2, 0) is 23.7 Å². The summed E-state index contributed by atoms with van der Waals surface area (Å²) in [6, 6.07) is 15.4. The summed E-state index contributed by atoms with van der Waals surface area (Å²) >= 11 is 0. The molecule has 228 valence electrons. The number of carboxylic acid groups (broad SMARTS) is 1. The number of carboxylic acids is 1. The van der Waals surface area contributed by atoms with Gasteiger partial charge in [0.05, 0.1) is 44.7 Å². The highest BCUT2D eigenvalue weighted by Crippen LogP contribution is 2.36. The third-order valence-electron chi connectivity index (χ3n) is 6.65. The van der Waals surface area contributed by atoms with Gasteiger partial charge in [0, 0.05) is 24.4 Å². The molecule has 12 heteroatoms. The summed E-state index contributed by atoms with van der Waals surface area (Å²) < 4.78 is 27.3. The van der Waals surface area contributed by atoms with E-state index in [1.54, 1.807) is 37.3 Å². The molecule has 42 heavy (non-hydrogen) atoms. The number of rotatable bonds is 16. The summed E-state index contributed by atoms with van der Waals surface area (Å²) in [5, 5.41) is 44.6. The van der Waals surface area contributed by atoms with E-state index in [-0.39, 0.29) is 45.1 Å². The smallest absolute Gasteiger partial charge is 0.364 e. The van der Waals surface area contributed by atoms with Gasteiger partial charge in [-0.3, -0.25) is 4.79 Å². The van der Waals surface area contributed by atoms with Gasteiger partial charge in [-0.25, -0.2) is 4.79 Å². The van der Waals surface area contributed by atoms with Gasteiger partial charge in [0.2, 0.25) is 0 Å². The third-order valence-corrected chi connectivity index (χ3v) is 6.65. The summed E-state index contributed by atoms with van der Waals surface area (Å²) in [6.07, 6.45) is -1.13. The van der Waals surface area contributed by atoms with E-state index >= 15 is 0 Å². The highest BCUT2D eigenvalue weighted by molar-refractivity contribution is 5.94. The Kier molecular flexibility index (Phi) is 12.7. The zero-order chi connectivity index (χ0) is 30.5. The van der Waals surface area contributed by atoms with Crippen LogP contribution < -0.4 is 10.1 Å². The van der Waals surface area contributed by atoms with Crippen LogP contribution in [0.4, 0.5) is 0 Å². The van der Waals surface area contributed by atoms with Gasteiger partial charge in [-0.1, -0.05) is 37.1 Å². The van der Waals surface area contributed by atoms with E-state index in [0.29, 0.717) is 11.5 Å². The molecule has 1 aliphatic rings. The molecule has 6 atom stereocenters. The molecule has 1 amide bonds. The second-order valence-electron chi connectivity index (χ2n) is 9.70. The molecule has 0 bridgehead atoms. The maximum absolute atomic E-state index is 12.7. The Hall–Kier alpha value is -3.54. The van der Waals surface area contributed by atoms with Gasteiger partial charge in [-0.2, -0.15) is 0 Å². The molecule has 2 aromatic carbocycles. The average molecular weight is 588 g/mol. The molecular formula is C30H37NO11. The standard InChI is InChI=1S/C30H37NO11/c1-3-12-38-13-14-39-15-16-40-30(29(36)37)18-24(32)20(2)27(42-30)26(34)25(33)19-31-28(35)21-8-7-11-23(17-21)41-22-9-5-4-6-10-22/h1,4-11,17,20,24-27,32-34H,12-16,18-19H2,2H3,(H,31,35)(H,36,37)/t20-,24+,25-,26-,27-,30+/m1/s1. The van der Waals surface area contributed by atoms with Crippen LogP contribution in [0.15, 0.2) is 54.6 Å². The summed E-state index contributed by atoms with van der Waals surface area (Å²) in [5.41, 5.74) is 0.256. The Labute approximate surface area is 244 Å². The Morgan fingerprint density at radius 3 is 2.48 bits per heavy atom. The molecule has 0 aliphatic carbocycles. The number of hydrogen-bond acceptors (Lipinski definition) is 10. The lowest BCUT2D eigenvalue weighted by Gasteiger charge is -2.45. The molecule has 2 aromatic rings. The minimum absolute atomic E-state index is 0.00289. The highest BCUT2D eigenvalue weighted by atomic mass is 16.7. The van der Waals surface area contributed by atoms with Gasteiger partial charge in [0.1, 0.15) is 24.2 Å². The first-order valence-corrected chi connectivity index (χ1v) is 13.5. The number of ether oxygens (including phenoxy) is 5. The zero-order valence-electron chi connectivity index (χ0n) is 23.3. The number of aliphatic carboxylic acids is 1. The third kappa shape index (κ3) is 9.23. The number of hydrogen-bond donors (Lipinski definition) is 5. The first kappa shape index (κ1) is 33.0. The van der Waals surface area contributed by atoms with Gasteiger partial charge in [-0.15, -0.1) is 6.42 Å². The largest absolute Gasteiger partial charge is 0.477 e. The average Bonchev–Trinajstić information content (AvgIpc) is 2.99. The molecule has 0 spiro atoms. The van der Waals surface area contributed by atoms with E-state index < -0.39 is 54.4 Å². The molecule has 1 fully saturated rings. The Balaban J connectivity index is 1.56. The second kappa shape index (κ2) is 16.2. The molecule has 5 N–H and O–H groups in total. The van der Waals surface area contributed by atoms with Crippen molar-refractivity contribution in [3.05, 3.63) is 60.2 Å². The molecular weight excluding hydrogens is 550 g/mol. The van der Waals surface area contributed by atoms with E-state index in [1.807, 2.05) is 18.2 Å². The number of carbonyl (C=O) groups is 2. The Morgan fingerprint density at radius 1 is 1.07 bits per heavy atom. The van der Waals surface area contributed by atoms with Crippen LogP contribution in [-0.4, -0.2) is 102 Å². The lowest BCUT2D eigenvalue weighted by atomic mass is 9.84. The summed E-state index contributed by atoms with van der Waals surface area (Å²) in [5.74, 6) is -1.76. The molecule has 12 nitrogen and oxygen atoms in total. The van der Waals surface area contributed by atoms with Crippen LogP contribution in [0, 0.1) is 18.3 Å². The number of aliphatic hydroxyl groups is 3. The molecule has 1 heterocycles. The fourth-order valence-electron chi connectivity index (χ4n) is 4.31. The van der Waals surface area contributed by atoms with E-state index in [0.717, 1.165) is 0 Å². The van der Waals surface area contributed by atoms with Crippen molar-refractivity contribution in [3.8, 4) is 23.8 Å². The van der Waals surface area contributed by atoms with Crippen LogP contribution in [0.3, 0.4) is 0 Å². The fourth-order valence-corrected chi connectivity index (χ4v) is 4.31. The van der Waals surface area contributed by atoms with E-state index in [1.165, 1.54) is 6.07 Å². The maximum Gasteiger partial charge on any atom is 0.364 e. The number of carbonyl (C=O) groups excluding carboxylic acids is 1. The summed E-state index contributed by atoms with van der Waals surface area (Å²) in [6.45, 7) is 1.56. The quantitative estimate of drug-likeness (QED) is 0.141. The normalized spacial score (nSPS) is 23.4. The number of para-hydroxylation sites is 1. The molecule has 1 saturated heterocycles. The first-order chi connectivity index (χ1) is 20.2. The van der Waals surface area contributed by atoms with Gasteiger partial charge in [-0.05, 0) is 30.3 Å². The summed E-state index contributed by atoms with van der Waals surface area (Å²) in [4.78, 5) is 24.9. The topological polar surface area (TPSA) is 173 Å². The minimum Gasteiger partial charge on any atom is -0.477 e. The molecule has 0 saturated carbocycles. The summed E-state index contributed by atoms with van der Waals surface area (Å²) in [7, 11) is 0. The molecule has 3 rings (SSSR count). The molecule has 0 unspecified atom stereocenters. The minimum atomic E-state index is -2.29. The number of aliphatic hydroxyl groups excluding tert-OH is 3. The van der Waals surface area contributed by atoms with Crippen LogP contribution in [0.5, 0.6) is 11.5 Å². The lowest BCUT2D eigenvalue weighted by Crippen LogP contribution is -2.61. The number of amides is 1. The number of terminal acetylenes is 1. The van der Waals surface area contributed by atoms with Gasteiger partial charge < -0.3 is 49.4 Å². The predicted octanol–water partition coefficient (Wildman–Crippen LogP) is 1.18.